The van der Waals surface area contributed by atoms with E-state index in [2.05, 4.69) is 37.9 Å². The van der Waals surface area contributed by atoms with Crippen LogP contribution in [-0.2, 0) is 4.79 Å². The van der Waals surface area contributed by atoms with E-state index in [1.165, 1.54) is 6.42 Å². The molecule has 4 nitrogen and oxygen atoms in total. The third-order valence-electron chi connectivity index (χ3n) is 4.98. The first-order valence-corrected chi connectivity index (χ1v) is 8.25. The normalized spacial score (nSPS) is 27.2. The zero-order valence-corrected chi connectivity index (χ0v) is 13.7. The first-order valence-electron chi connectivity index (χ1n) is 8.25. The van der Waals surface area contributed by atoms with Gasteiger partial charge in [-0.1, -0.05) is 40.5 Å². The Bertz CT molecular complexity index is 302. The van der Waals surface area contributed by atoms with E-state index in [0.29, 0.717) is 11.8 Å². The quantitative estimate of drug-likeness (QED) is 0.716. The molecule has 0 spiro atoms. The van der Waals surface area contributed by atoms with Crippen LogP contribution < -0.4 is 11.1 Å². The number of carbonyl (C=O) groups is 1. The maximum Gasteiger partial charge on any atom is 0.238 e. The van der Waals surface area contributed by atoms with Crippen molar-refractivity contribution < 1.29 is 4.79 Å². The standard InChI is InChI=1S/C16H33N3O/c1-5-19(6-2)12-11-18-16(15(17)20)10-8-7-9-14(16)13(3)4/h13-14,18H,5-12H2,1-4H3,(H2,17,20). The van der Waals surface area contributed by atoms with Crippen LogP contribution in [0, 0.1) is 11.8 Å². The van der Waals surface area contributed by atoms with Crippen molar-refractivity contribution in [3.05, 3.63) is 0 Å². The van der Waals surface area contributed by atoms with Gasteiger partial charge in [0.2, 0.25) is 5.91 Å². The lowest BCUT2D eigenvalue weighted by Gasteiger charge is -2.45. The molecule has 0 saturated heterocycles. The van der Waals surface area contributed by atoms with E-state index in [0.717, 1.165) is 45.4 Å². The second-order valence-corrected chi connectivity index (χ2v) is 6.39. The molecular weight excluding hydrogens is 250 g/mol. The molecule has 1 saturated carbocycles. The summed E-state index contributed by atoms with van der Waals surface area (Å²) in [6, 6.07) is 0. The van der Waals surface area contributed by atoms with Crippen molar-refractivity contribution in [1.29, 1.82) is 0 Å². The molecule has 0 bridgehead atoms. The molecule has 1 aliphatic rings. The molecule has 0 aromatic carbocycles. The lowest BCUT2D eigenvalue weighted by molar-refractivity contribution is -0.129. The Kier molecular flexibility index (Phi) is 6.96. The lowest BCUT2D eigenvalue weighted by atomic mass is 9.67. The molecule has 0 aromatic rings. The van der Waals surface area contributed by atoms with Crippen molar-refractivity contribution in [3.63, 3.8) is 0 Å². The lowest BCUT2D eigenvalue weighted by Crippen LogP contribution is -2.63. The van der Waals surface area contributed by atoms with Gasteiger partial charge in [0, 0.05) is 13.1 Å². The molecule has 1 rings (SSSR count). The Labute approximate surface area is 124 Å². The summed E-state index contributed by atoms with van der Waals surface area (Å²) in [5.41, 5.74) is 5.31. The maximum absolute atomic E-state index is 12.2. The third kappa shape index (κ3) is 3.95. The Morgan fingerprint density at radius 2 is 2.00 bits per heavy atom. The predicted molar refractivity (Wildman–Crippen MR) is 84.5 cm³/mol. The van der Waals surface area contributed by atoms with Crippen molar-refractivity contribution in [2.45, 2.75) is 58.9 Å². The molecule has 0 aliphatic heterocycles. The van der Waals surface area contributed by atoms with Gasteiger partial charge in [0.25, 0.3) is 0 Å². The van der Waals surface area contributed by atoms with Gasteiger partial charge in [0.1, 0.15) is 5.54 Å². The fraction of sp³-hybridized carbons (Fsp3) is 0.938. The number of likely N-dealkylation sites (N-methyl/N-ethyl adjacent to an activating group) is 1. The fourth-order valence-electron chi connectivity index (χ4n) is 3.69. The van der Waals surface area contributed by atoms with Crippen LogP contribution in [0.3, 0.4) is 0 Å². The van der Waals surface area contributed by atoms with E-state index in [1.807, 2.05) is 0 Å². The fourth-order valence-corrected chi connectivity index (χ4v) is 3.69. The van der Waals surface area contributed by atoms with Crippen LogP contribution in [0.25, 0.3) is 0 Å². The molecule has 1 fully saturated rings. The molecule has 2 unspecified atom stereocenters. The second-order valence-electron chi connectivity index (χ2n) is 6.39. The molecule has 1 amide bonds. The van der Waals surface area contributed by atoms with Crippen LogP contribution in [0.15, 0.2) is 0 Å². The smallest absolute Gasteiger partial charge is 0.238 e. The van der Waals surface area contributed by atoms with Crippen LogP contribution in [0.5, 0.6) is 0 Å². The third-order valence-corrected chi connectivity index (χ3v) is 4.98. The number of nitrogens with zero attached hydrogens (tertiary/aromatic N) is 1. The highest BCUT2D eigenvalue weighted by Gasteiger charge is 2.46. The number of nitrogens with one attached hydrogen (secondary N) is 1. The van der Waals surface area contributed by atoms with Crippen molar-refractivity contribution in [1.82, 2.24) is 10.2 Å². The number of hydrogen-bond acceptors (Lipinski definition) is 3. The van der Waals surface area contributed by atoms with Gasteiger partial charge in [-0.2, -0.15) is 0 Å². The largest absolute Gasteiger partial charge is 0.368 e. The number of hydrogen-bond donors (Lipinski definition) is 2. The number of primary amides is 1. The van der Waals surface area contributed by atoms with E-state index >= 15 is 0 Å². The van der Waals surface area contributed by atoms with Gasteiger partial charge in [0.05, 0.1) is 0 Å². The molecule has 2 atom stereocenters. The minimum atomic E-state index is -0.487. The van der Waals surface area contributed by atoms with E-state index in [9.17, 15) is 4.79 Å². The van der Waals surface area contributed by atoms with Gasteiger partial charge >= 0.3 is 0 Å². The van der Waals surface area contributed by atoms with Crippen LogP contribution in [0.2, 0.25) is 0 Å². The summed E-state index contributed by atoms with van der Waals surface area (Å²) >= 11 is 0. The molecule has 118 valence electrons. The summed E-state index contributed by atoms with van der Waals surface area (Å²) in [7, 11) is 0. The first kappa shape index (κ1) is 17.4. The van der Waals surface area contributed by atoms with E-state index < -0.39 is 5.54 Å². The predicted octanol–water partition coefficient (Wildman–Crippen LogP) is 1.99. The summed E-state index contributed by atoms with van der Waals surface area (Å²) < 4.78 is 0. The molecule has 1 aliphatic carbocycles. The molecule has 3 N–H and O–H groups in total. The second kappa shape index (κ2) is 7.99. The van der Waals surface area contributed by atoms with Crippen molar-refractivity contribution in [3.8, 4) is 0 Å². The van der Waals surface area contributed by atoms with Crippen molar-refractivity contribution in [2.24, 2.45) is 17.6 Å². The first-order chi connectivity index (χ1) is 9.47. The topological polar surface area (TPSA) is 58.4 Å². The van der Waals surface area contributed by atoms with E-state index in [-0.39, 0.29) is 5.91 Å². The molecule has 20 heavy (non-hydrogen) atoms. The number of amides is 1. The monoisotopic (exact) mass is 283 g/mol. The summed E-state index contributed by atoms with van der Waals surface area (Å²) in [5, 5.41) is 3.55. The van der Waals surface area contributed by atoms with Crippen LogP contribution in [-0.4, -0.2) is 42.5 Å². The Balaban J connectivity index is 2.72. The van der Waals surface area contributed by atoms with Gasteiger partial charge < -0.3 is 16.0 Å². The summed E-state index contributed by atoms with van der Waals surface area (Å²) in [6.45, 7) is 12.7. The Hall–Kier alpha value is -0.610. The highest BCUT2D eigenvalue weighted by atomic mass is 16.1. The molecule has 4 heteroatoms. The maximum atomic E-state index is 12.2. The zero-order valence-electron chi connectivity index (χ0n) is 13.7. The van der Waals surface area contributed by atoms with Gasteiger partial charge in [0.15, 0.2) is 0 Å². The average molecular weight is 283 g/mol. The number of nitrogens with two attached hydrogens (primary N) is 1. The SMILES string of the molecule is CCN(CC)CCNC1(C(N)=O)CCCCC1C(C)C. The Morgan fingerprint density at radius 1 is 1.35 bits per heavy atom. The van der Waals surface area contributed by atoms with Gasteiger partial charge in [-0.05, 0) is 37.8 Å². The summed E-state index contributed by atoms with van der Waals surface area (Å²) in [5.74, 6) is 0.699. The van der Waals surface area contributed by atoms with Gasteiger partial charge in [-0.3, -0.25) is 4.79 Å². The van der Waals surface area contributed by atoms with Gasteiger partial charge in [-0.25, -0.2) is 0 Å². The Morgan fingerprint density at radius 3 is 2.50 bits per heavy atom. The molecular formula is C16H33N3O. The zero-order chi connectivity index (χ0) is 15.2. The van der Waals surface area contributed by atoms with Crippen LogP contribution >= 0.6 is 0 Å². The van der Waals surface area contributed by atoms with E-state index in [1.54, 1.807) is 0 Å². The number of carbonyl (C=O) groups excluding carboxylic acids is 1. The van der Waals surface area contributed by atoms with Crippen molar-refractivity contribution in [2.75, 3.05) is 26.2 Å². The summed E-state index contributed by atoms with van der Waals surface area (Å²) in [4.78, 5) is 14.5. The van der Waals surface area contributed by atoms with Crippen LogP contribution in [0.1, 0.15) is 53.4 Å². The highest BCUT2D eigenvalue weighted by Crippen LogP contribution is 2.38. The van der Waals surface area contributed by atoms with Gasteiger partial charge in [-0.15, -0.1) is 0 Å². The number of rotatable bonds is 8. The average Bonchev–Trinajstić information content (AvgIpc) is 2.43. The molecule has 0 heterocycles. The molecule has 0 aromatic heterocycles. The van der Waals surface area contributed by atoms with Crippen LogP contribution in [0.4, 0.5) is 0 Å². The highest BCUT2D eigenvalue weighted by molar-refractivity contribution is 5.85. The minimum absolute atomic E-state index is 0.157. The minimum Gasteiger partial charge on any atom is -0.368 e. The molecule has 0 radical (unpaired) electrons. The van der Waals surface area contributed by atoms with Crippen molar-refractivity contribution >= 4 is 5.91 Å². The van der Waals surface area contributed by atoms with E-state index in [4.69, 9.17) is 5.73 Å². The summed E-state index contributed by atoms with van der Waals surface area (Å²) in [6.07, 6.45) is 4.32.